The van der Waals surface area contributed by atoms with E-state index in [9.17, 15) is 4.79 Å². The Balaban J connectivity index is 1.24. The van der Waals surface area contributed by atoms with E-state index in [0.29, 0.717) is 11.5 Å². The molecule has 0 saturated carbocycles. The monoisotopic (exact) mass is 469 g/mol. The number of carbonyl (C=O) groups excluding carboxylic acids is 1. The van der Waals surface area contributed by atoms with Crippen LogP contribution in [0.4, 0.5) is 5.69 Å². The molecule has 2 heterocycles. The van der Waals surface area contributed by atoms with Crippen LogP contribution in [0.25, 0.3) is 6.08 Å². The van der Waals surface area contributed by atoms with Crippen LogP contribution >= 0.6 is 11.8 Å². The fraction of sp³-hybridized carbons (Fsp3) is 0.214. The summed E-state index contributed by atoms with van der Waals surface area (Å²) in [6.45, 7) is 6.14. The fourth-order valence-electron chi connectivity index (χ4n) is 4.20. The van der Waals surface area contributed by atoms with Gasteiger partial charge in [0.25, 0.3) is 5.91 Å². The first kappa shape index (κ1) is 22.3. The van der Waals surface area contributed by atoms with E-state index in [0.717, 1.165) is 48.2 Å². The number of aryl methyl sites for hydroxylation is 1. The van der Waals surface area contributed by atoms with Crippen molar-refractivity contribution in [3.63, 3.8) is 0 Å². The molecule has 172 valence electrons. The average Bonchev–Trinajstić information content (AvgIpc) is 3.24. The molecule has 0 radical (unpaired) electrons. The summed E-state index contributed by atoms with van der Waals surface area (Å²) in [7, 11) is 0. The molecule has 0 unspecified atom stereocenters. The molecule has 1 fully saturated rings. The number of thioether (sulfide) groups is 1. The molecule has 0 N–H and O–H groups in total. The molecule has 2 aliphatic rings. The third kappa shape index (κ3) is 5.02. The first-order valence-electron chi connectivity index (χ1n) is 11.5. The number of anilines is 1. The topological polar surface area (TPSA) is 45.1 Å². The van der Waals surface area contributed by atoms with Crippen molar-refractivity contribution in [3.05, 3.63) is 100 Å². The Morgan fingerprint density at radius 1 is 0.882 bits per heavy atom. The second kappa shape index (κ2) is 10.2. The number of aliphatic imine (C=N–C) groups is 1. The molecule has 34 heavy (non-hydrogen) atoms. The van der Waals surface area contributed by atoms with Crippen LogP contribution in [0.3, 0.4) is 0 Å². The van der Waals surface area contributed by atoms with Gasteiger partial charge in [-0.3, -0.25) is 4.79 Å². The van der Waals surface area contributed by atoms with Crippen molar-refractivity contribution in [2.75, 3.05) is 31.1 Å². The van der Waals surface area contributed by atoms with E-state index in [4.69, 9.17) is 4.74 Å². The summed E-state index contributed by atoms with van der Waals surface area (Å²) in [5, 5.41) is 0.795. The van der Waals surface area contributed by atoms with Crippen LogP contribution in [0.1, 0.15) is 16.7 Å². The Bertz CT molecular complexity index is 1230. The van der Waals surface area contributed by atoms with Gasteiger partial charge in [-0.2, -0.15) is 4.99 Å². The van der Waals surface area contributed by atoms with Gasteiger partial charge in [0, 0.05) is 37.4 Å². The molecule has 1 amide bonds. The van der Waals surface area contributed by atoms with E-state index in [-0.39, 0.29) is 5.91 Å². The van der Waals surface area contributed by atoms with Gasteiger partial charge in [-0.05, 0) is 48.0 Å². The third-order valence-electron chi connectivity index (χ3n) is 6.06. The van der Waals surface area contributed by atoms with E-state index in [1.54, 1.807) is 0 Å². The maximum atomic E-state index is 12.7. The zero-order valence-corrected chi connectivity index (χ0v) is 20.0. The van der Waals surface area contributed by atoms with Gasteiger partial charge >= 0.3 is 0 Å². The zero-order chi connectivity index (χ0) is 23.3. The van der Waals surface area contributed by atoms with Crippen molar-refractivity contribution < 1.29 is 9.53 Å². The van der Waals surface area contributed by atoms with Crippen LogP contribution in [-0.2, 0) is 11.4 Å². The van der Waals surface area contributed by atoms with Crippen LogP contribution in [0.2, 0.25) is 0 Å². The Morgan fingerprint density at radius 2 is 1.56 bits per heavy atom. The Hall–Kier alpha value is -3.51. The number of rotatable bonds is 5. The zero-order valence-electron chi connectivity index (χ0n) is 19.2. The van der Waals surface area contributed by atoms with Gasteiger partial charge in [-0.15, -0.1) is 0 Å². The fourth-order valence-corrected chi connectivity index (χ4v) is 5.15. The lowest BCUT2D eigenvalue weighted by Crippen LogP contribution is -2.48. The molecule has 0 bridgehead atoms. The van der Waals surface area contributed by atoms with Gasteiger partial charge < -0.3 is 14.5 Å². The minimum atomic E-state index is -0.181. The summed E-state index contributed by atoms with van der Waals surface area (Å²) in [4.78, 5) is 22.3. The Kier molecular flexibility index (Phi) is 6.67. The summed E-state index contributed by atoms with van der Waals surface area (Å²) < 4.78 is 6.06. The number of ether oxygens (including phenoxy) is 1. The molecule has 0 spiro atoms. The molecular formula is C28H27N3O2S. The maximum absolute atomic E-state index is 12.7. The molecule has 5 rings (SSSR count). The van der Waals surface area contributed by atoms with Crippen molar-refractivity contribution in [1.82, 2.24) is 4.90 Å². The largest absolute Gasteiger partial charge is 0.488 e. The quantitative estimate of drug-likeness (QED) is 0.471. The molecule has 5 nitrogen and oxygen atoms in total. The second-order valence-electron chi connectivity index (χ2n) is 8.38. The SMILES string of the molecule is Cc1ccccc1N1CCN(C2=NC(=O)/C(=C\c3ccccc3OCc3ccccc3)S2)CC1. The highest BCUT2D eigenvalue weighted by Gasteiger charge is 2.29. The maximum Gasteiger partial charge on any atom is 0.286 e. The molecular weight excluding hydrogens is 442 g/mol. The Labute approximate surface area is 204 Å². The van der Waals surface area contributed by atoms with Crippen molar-refractivity contribution in [1.29, 1.82) is 0 Å². The van der Waals surface area contributed by atoms with Crippen LogP contribution in [0.5, 0.6) is 5.75 Å². The lowest BCUT2D eigenvalue weighted by Gasteiger charge is -2.37. The summed E-state index contributed by atoms with van der Waals surface area (Å²) >= 11 is 1.46. The van der Waals surface area contributed by atoms with Crippen LogP contribution in [0.15, 0.2) is 88.8 Å². The highest BCUT2D eigenvalue weighted by molar-refractivity contribution is 8.18. The van der Waals surface area contributed by atoms with Crippen LogP contribution in [-0.4, -0.2) is 42.2 Å². The number of nitrogens with zero attached hydrogens (tertiary/aromatic N) is 3. The van der Waals surface area contributed by atoms with Gasteiger partial charge in [0.2, 0.25) is 0 Å². The number of amides is 1. The van der Waals surface area contributed by atoms with E-state index in [1.807, 2.05) is 60.7 Å². The highest BCUT2D eigenvalue weighted by atomic mass is 32.2. The van der Waals surface area contributed by atoms with Crippen molar-refractivity contribution in [2.45, 2.75) is 13.5 Å². The summed E-state index contributed by atoms with van der Waals surface area (Å²) in [6.07, 6.45) is 1.90. The number of hydrogen-bond acceptors (Lipinski definition) is 5. The summed E-state index contributed by atoms with van der Waals surface area (Å²) in [6, 6.07) is 26.4. The lowest BCUT2D eigenvalue weighted by molar-refractivity contribution is -0.113. The van der Waals surface area contributed by atoms with Gasteiger partial charge in [-0.1, -0.05) is 66.7 Å². The number of benzene rings is 3. The number of carbonyl (C=O) groups is 1. The highest BCUT2D eigenvalue weighted by Crippen LogP contribution is 2.33. The predicted molar refractivity (Wildman–Crippen MR) is 140 cm³/mol. The van der Waals surface area contributed by atoms with E-state index in [1.165, 1.54) is 23.0 Å². The number of hydrogen-bond donors (Lipinski definition) is 0. The average molecular weight is 470 g/mol. The van der Waals surface area contributed by atoms with Gasteiger partial charge in [0.15, 0.2) is 5.17 Å². The third-order valence-corrected chi connectivity index (χ3v) is 7.10. The molecule has 1 saturated heterocycles. The molecule has 3 aromatic carbocycles. The summed E-state index contributed by atoms with van der Waals surface area (Å²) in [5.74, 6) is 0.576. The second-order valence-corrected chi connectivity index (χ2v) is 9.39. The molecule has 2 aliphatic heterocycles. The van der Waals surface area contributed by atoms with E-state index >= 15 is 0 Å². The van der Waals surface area contributed by atoms with Gasteiger partial charge in [0.05, 0.1) is 4.91 Å². The van der Waals surface area contributed by atoms with E-state index < -0.39 is 0 Å². The molecule has 3 aromatic rings. The first-order chi connectivity index (χ1) is 16.7. The lowest BCUT2D eigenvalue weighted by atomic mass is 10.1. The molecule has 6 heteroatoms. The van der Waals surface area contributed by atoms with Crippen molar-refractivity contribution in [2.24, 2.45) is 4.99 Å². The number of amidine groups is 1. The van der Waals surface area contributed by atoms with Gasteiger partial charge in [0.1, 0.15) is 12.4 Å². The molecule has 0 atom stereocenters. The minimum absolute atomic E-state index is 0.181. The van der Waals surface area contributed by atoms with E-state index in [2.05, 4.69) is 46.0 Å². The first-order valence-corrected chi connectivity index (χ1v) is 12.3. The van der Waals surface area contributed by atoms with Gasteiger partial charge in [-0.25, -0.2) is 0 Å². The van der Waals surface area contributed by atoms with Crippen LogP contribution in [0, 0.1) is 6.92 Å². The predicted octanol–water partition coefficient (Wildman–Crippen LogP) is 5.37. The summed E-state index contributed by atoms with van der Waals surface area (Å²) in [5.41, 5.74) is 4.56. The standard InChI is InChI=1S/C28H27N3O2S/c1-21-9-5-7-13-24(21)30-15-17-31(18-16-30)28-29-27(32)26(34-28)19-23-12-6-8-14-25(23)33-20-22-10-3-2-4-11-22/h2-14,19H,15-18,20H2,1H3/b26-19+. The number of para-hydroxylation sites is 2. The molecule has 0 aliphatic carbocycles. The number of piperazine rings is 1. The smallest absolute Gasteiger partial charge is 0.286 e. The Morgan fingerprint density at radius 3 is 2.35 bits per heavy atom. The minimum Gasteiger partial charge on any atom is -0.488 e. The van der Waals surface area contributed by atoms with Crippen LogP contribution < -0.4 is 9.64 Å². The normalized spacial score (nSPS) is 17.3. The molecule has 0 aromatic heterocycles. The van der Waals surface area contributed by atoms with Crippen molar-refractivity contribution >= 4 is 34.6 Å². The van der Waals surface area contributed by atoms with Crippen molar-refractivity contribution in [3.8, 4) is 5.75 Å².